The standard InChI is InChI=1S/C14H19ClN4/c1-11(2)8-12(10-15)9-14-16-17-18-19(14)13-6-4-3-5-7-13/h3-7,11-12H,8-10H2,1-2H3. The van der Waals surface area contributed by atoms with E-state index >= 15 is 0 Å². The molecule has 1 atom stereocenters. The highest BCUT2D eigenvalue weighted by Crippen LogP contribution is 2.18. The Bertz CT molecular complexity index is 495. The van der Waals surface area contributed by atoms with Gasteiger partial charge in [-0.25, -0.2) is 0 Å². The molecule has 0 aliphatic rings. The summed E-state index contributed by atoms with van der Waals surface area (Å²) in [4.78, 5) is 0. The van der Waals surface area contributed by atoms with Gasteiger partial charge in [0.25, 0.3) is 0 Å². The molecule has 19 heavy (non-hydrogen) atoms. The summed E-state index contributed by atoms with van der Waals surface area (Å²) >= 11 is 6.05. The van der Waals surface area contributed by atoms with Gasteiger partial charge in [0.2, 0.25) is 0 Å². The van der Waals surface area contributed by atoms with Crippen molar-refractivity contribution < 1.29 is 0 Å². The molecule has 0 spiro atoms. The molecule has 0 aliphatic heterocycles. The van der Waals surface area contributed by atoms with Crippen LogP contribution in [0.3, 0.4) is 0 Å². The fourth-order valence-corrected chi connectivity index (χ4v) is 2.46. The van der Waals surface area contributed by atoms with E-state index in [4.69, 9.17) is 11.6 Å². The summed E-state index contributed by atoms with van der Waals surface area (Å²) in [6.07, 6.45) is 1.90. The molecule has 0 amide bonds. The first-order valence-electron chi connectivity index (χ1n) is 6.59. The van der Waals surface area contributed by atoms with Crippen LogP contribution in [0.2, 0.25) is 0 Å². The van der Waals surface area contributed by atoms with Crippen LogP contribution in [0.15, 0.2) is 30.3 Å². The molecule has 0 aliphatic carbocycles. The highest BCUT2D eigenvalue weighted by atomic mass is 35.5. The number of tetrazole rings is 1. The van der Waals surface area contributed by atoms with Crippen molar-refractivity contribution in [1.29, 1.82) is 0 Å². The number of benzene rings is 1. The molecule has 2 rings (SSSR count). The van der Waals surface area contributed by atoms with E-state index < -0.39 is 0 Å². The fourth-order valence-electron chi connectivity index (χ4n) is 2.23. The Kier molecular flexibility index (Phi) is 4.91. The Balaban J connectivity index is 2.16. The van der Waals surface area contributed by atoms with Crippen molar-refractivity contribution >= 4 is 11.6 Å². The lowest BCUT2D eigenvalue weighted by molar-refractivity contribution is 0.431. The van der Waals surface area contributed by atoms with Crippen molar-refractivity contribution in [3.63, 3.8) is 0 Å². The first kappa shape index (κ1) is 14.0. The van der Waals surface area contributed by atoms with E-state index in [0.29, 0.717) is 17.7 Å². The zero-order valence-corrected chi connectivity index (χ0v) is 12.1. The minimum atomic E-state index is 0.412. The van der Waals surface area contributed by atoms with Gasteiger partial charge >= 0.3 is 0 Å². The van der Waals surface area contributed by atoms with Crippen molar-refractivity contribution in [2.75, 3.05) is 5.88 Å². The summed E-state index contributed by atoms with van der Waals surface area (Å²) in [5.74, 6) is 2.55. The maximum Gasteiger partial charge on any atom is 0.157 e. The van der Waals surface area contributed by atoms with E-state index in [1.165, 1.54) is 0 Å². The fraction of sp³-hybridized carbons (Fsp3) is 0.500. The van der Waals surface area contributed by atoms with Crippen LogP contribution in [0.1, 0.15) is 26.1 Å². The van der Waals surface area contributed by atoms with Crippen molar-refractivity contribution in [3.05, 3.63) is 36.2 Å². The second-order valence-electron chi connectivity index (χ2n) is 5.20. The van der Waals surface area contributed by atoms with Gasteiger partial charge in [-0.3, -0.25) is 0 Å². The smallest absolute Gasteiger partial charge is 0.157 e. The average molecular weight is 279 g/mol. The highest BCUT2D eigenvalue weighted by Gasteiger charge is 2.16. The van der Waals surface area contributed by atoms with Gasteiger partial charge in [-0.05, 0) is 40.8 Å². The van der Waals surface area contributed by atoms with Crippen LogP contribution in [0.25, 0.3) is 5.69 Å². The molecular formula is C14H19ClN4. The first-order valence-corrected chi connectivity index (χ1v) is 7.12. The summed E-state index contributed by atoms with van der Waals surface area (Å²) in [5, 5.41) is 12.0. The number of rotatable bonds is 6. The largest absolute Gasteiger partial charge is 0.197 e. The van der Waals surface area contributed by atoms with Gasteiger partial charge in [0.05, 0.1) is 5.69 Å². The molecule has 4 nitrogen and oxygen atoms in total. The van der Waals surface area contributed by atoms with Gasteiger partial charge in [0.15, 0.2) is 5.82 Å². The van der Waals surface area contributed by atoms with Crippen LogP contribution in [0.4, 0.5) is 0 Å². The molecule has 1 aromatic heterocycles. The molecule has 5 heteroatoms. The monoisotopic (exact) mass is 278 g/mol. The van der Waals surface area contributed by atoms with Gasteiger partial charge in [-0.2, -0.15) is 4.68 Å². The van der Waals surface area contributed by atoms with Gasteiger partial charge < -0.3 is 0 Å². The topological polar surface area (TPSA) is 43.6 Å². The third kappa shape index (κ3) is 3.77. The lowest BCUT2D eigenvalue weighted by Gasteiger charge is -2.15. The molecule has 1 aromatic carbocycles. The van der Waals surface area contributed by atoms with Crippen molar-refractivity contribution in [3.8, 4) is 5.69 Å². The number of halogens is 1. The molecule has 0 saturated carbocycles. The maximum atomic E-state index is 6.05. The van der Waals surface area contributed by atoms with Crippen LogP contribution < -0.4 is 0 Å². The Hall–Kier alpha value is -1.42. The van der Waals surface area contributed by atoms with Crippen molar-refractivity contribution in [2.45, 2.75) is 26.7 Å². The van der Waals surface area contributed by atoms with Crippen LogP contribution in [0, 0.1) is 11.8 Å². The highest BCUT2D eigenvalue weighted by molar-refractivity contribution is 6.18. The summed E-state index contributed by atoms with van der Waals surface area (Å²) in [6.45, 7) is 4.42. The number of alkyl halides is 1. The maximum absolute atomic E-state index is 6.05. The van der Waals surface area contributed by atoms with Gasteiger partial charge in [-0.15, -0.1) is 16.7 Å². The van der Waals surface area contributed by atoms with Gasteiger partial charge in [0.1, 0.15) is 0 Å². The molecule has 1 unspecified atom stereocenters. The van der Waals surface area contributed by atoms with E-state index in [9.17, 15) is 0 Å². The Morgan fingerprint density at radius 2 is 1.95 bits per heavy atom. The van der Waals surface area contributed by atoms with Crippen molar-refractivity contribution in [1.82, 2.24) is 20.2 Å². The summed E-state index contributed by atoms with van der Waals surface area (Å²) in [6, 6.07) is 9.94. The molecule has 0 N–H and O–H groups in total. The predicted molar refractivity (Wildman–Crippen MR) is 76.5 cm³/mol. The number of hydrogen-bond donors (Lipinski definition) is 0. The minimum Gasteiger partial charge on any atom is -0.197 e. The third-order valence-electron chi connectivity index (χ3n) is 3.03. The number of nitrogens with zero attached hydrogens (tertiary/aromatic N) is 4. The zero-order valence-electron chi connectivity index (χ0n) is 11.3. The van der Waals surface area contributed by atoms with Gasteiger partial charge in [-0.1, -0.05) is 32.0 Å². The second kappa shape index (κ2) is 6.66. The number of para-hydroxylation sites is 1. The molecule has 2 aromatic rings. The zero-order chi connectivity index (χ0) is 13.7. The first-order chi connectivity index (χ1) is 9.20. The number of aromatic nitrogens is 4. The summed E-state index contributed by atoms with van der Waals surface area (Å²) in [5.41, 5.74) is 0.986. The third-order valence-corrected chi connectivity index (χ3v) is 3.47. The lowest BCUT2D eigenvalue weighted by Crippen LogP contribution is -2.14. The van der Waals surface area contributed by atoms with E-state index in [1.54, 1.807) is 4.68 Å². The number of hydrogen-bond acceptors (Lipinski definition) is 3. The van der Waals surface area contributed by atoms with E-state index in [0.717, 1.165) is 24.4 Å². The van der Waals surface area contributed by atoms with E-state index in [-0.39, 0.29) is 0 Å². The van der Waals surface area contributed by atoms with Crippen LogP contribution in [-0.4, -0.2) is 26.1 Å². The quantitative estimate of drug-likeness (QED) is 0.763. The normalized spacial score (nSPS) is 12.8. The van der Waals surface area contributed by atoms with Crippen LogP contribution >= 0.6 is 11.6 Å². The lowest BCUT2D eigenvalue weighted by atomic mass is 9.95. The molecule has 0 bridgehead atoms. The average Bonchev–Trinajstić information content (AvgIpc) is 2.86. The summed E-state index contributed by atoms with van der Waals surface area (Å²) < 4.78 is 1.79. The minimum absolute atomic E-state index is 0.412. The van der Waals surface area contributed by atoms with Gasteiger partial charge in [0, 0.05) is 12.3 Å². The SMILES string of the molecule is CC(C)CC(CCl)Cc1nnnn1-c1ccccc1. The molecule has 102 valence electrons. The van der Waals surface area contributed by atoms with E-state index in [1.807, 2.05) is 30.3 Å². The molecule has 0 saturated heterocycles. The summed E-state index contributed by atoms with van der Waals surface area (Å²) in [7, 11) is 0. The molecule has 0 fully saturated rings. The molecule has 0 radical (unpaired) electrons. The Morgan fingerprint density at radius 3 is 2.58 bits per heavy atom. The van der Waals surface area contributed by atoms with E-state index in [2.05, 4.69) is 29.4 Å². The molecular weight excluding hydrogens is 260 g/mol. The Morgan fingerprint density at radius 1 is 1.21 bits per heavy atom. The van der Waals surface area contributed by atoms with Crippen molar-refractivity contribution in [2.24, 2.45) is 11.8 Å². The van der Waals surface area contributed by atoms with Crippen LogP contribution in [0.5, 0.6) is 0 Å². The predicted octanol–water partition coefficient (Wildman–Crippen LogP) is 3.11. The molecule has 1 heterocycles. The second-order valence-corrected chi connectivity index (χ2v) is 5.51. The van der Waals surface area contributed by atoms with Crippen LogP contribution in [-0.2, 0) is 6.42 Å². The Labute approximate surface area is 118 Å².